The molecule has 3 rings (SSSR count). The molecule has 2 saturated heterocycles. The van der Waals surface area contributed by atoms with E-state index in [1.54, 1.807) is 16.8 Å². The Morgan fingerprint density at radius 3 is 2.50 bits per heavy atom. The lowest BCUT2D eigenvalue weighted by Crippen LogP contribution is -2.39. The number of amides is 2. The Morgan fingerprint density at radius 1 is 1.17 bits per heavy atom. The Balaban J connectivity index is 1.74. The predicted octanol–water partition coefficient (Wildman–Crippen LogP) is 0.853. The van der Waals surface area contributed by atoms with E-state index in [1.807, 2.05) is 30.3 Å². The van der Waals surface area contributed by atoms with Crippen LogP contribution in [0.5, 0.6) is 0 Å². The lowest BCUT2D eigenvalue weighted by Gasteiger charge is -2.23. The zero-order chi connectivity index (χ0) is 17.3. The molecule has 0 N–H and O–H groups in total. The number of carbonyl (C=O) groups excluding carboxylic acids is 2. The van der Waals surface area contributed by atoms with E-state index in [9.17, 15) is 18.0 Å². The van der Waals surface area contributed by atoms with Gasteiger partial charge in [-0.2, -0.15) is 0 Å². The normalized spacial score (nSPS) is 27.1. The number of nitrogens with zero attached hydrogens (tertiary/aromatic N) is 2. The Labute approximate surface area is 142 Å². The summed E-state index contributed by atoms with van der Waals surface area (Å²) in [6.07, 6.45) is 0.620. The van der Waals surface area contributed by atoms with Gasteiger partial charge in [-0.15, -0.1) is 0 Å². The molecule has 6 nitrogen and oxygen atoms in total. The quantitative estimate of drug-likeness (QED) is 0.793. The fraction of sp³-hybridized carbons (Fsp3) is 0.529. The topological polar surface area (TPSA) is 74.8 Å². The first kappa shape index (κ1) is 17.0. The second kappa shape index (κ2) is 6.55. The van der Waals surface area contributed by atoms with Gasteiger partial charge < -0.3 is 9.80 Å². The second-order valence-corrected chi connectivity index (χ2v) is 8.86. The van der Waals surface area contributed by atoms with Gasteiger partial charge in [0, 0.05) is 33.1 Å². The van der Waals surface area contributed by atoms with Crippen LogP contribution in [0.3, 0.4) is 0 Å². The molecule has 2 fully saturated rings. The van der Waals surface area contributed by atoms with E-state index in [0.29, 0.717) is 19.5 Å². The number of benzene rings is 1. The SMILES string of the molecule is CN1CC(C(=O)N2CCC(c3ccccc3)S(=O)(=O)CC2)CC1=O. The largest absolute Gasteiger partial charge is 0.345 e. The van der Waals surface area contributed by atoms with Gasteiger partial charge in [0.2, 0.25) is 11.8 Å². The summed E-state index contributed by atoms with van der Waals surface area (Å²) in [5, 5.41) is -0.565. The van der Waals surface area contributed by atoms with Crippen LogP contribution < -0.4 is 0 Å². The summed E-state index contributed by atoms with van der Waals surface area (Å²) >= 11 is 0. The van der Waals surface area contributed by atoms with Gasteiger partial charge in [0.1, 0.15) is 0 Å². The zero-order valence-electron chi connectivity index (χ0n) is 13.7. The lowest BCUT2D eigenvalue weighted by molar-refractivity contribution is -0.135. The van der Waals surface area contributed by atoms with Gasteiger partial charge in [-0.3, -0.25) is 9.59 Å². The molecule has 0 aliphatic carbocycles. The molecule has 0 aromatic heterocycles. The number of hydrogen-bond acceptors (Lipinski definition) is 4. The van der Waals surface area contributed by atoms with E-state index in [0.717, 1.165) is 5.56 Å². The van der Waals surface area contributed by atoms with Crippen LogP contribution in [0.4, 0.5) is 0 Å². The van der Waals surface area contributed by atoms with Gasteiger partial charge in [-0.1, -0.05) is 30.3 Å². The molecule has 2 amide bonds. The highest BCUT2D eigenvalue weighted by Gasteiger charge is 2.38. The number of likely N-dealkylation sites (tertiary alicyclic amines) is 1. The highest BCUT2D eigenvalue weighted by molar-refractivity contribution is 7.91. The minimum absolute atomic E-state index is 0.0297. The standard InChI is InChI=1S/C17H22N2O4S/c1-18-12-14(11-16(18)20)17(21)19-8-7-15(24(22,23)10-9-19)13-5-3-2-4-6-13/h2-6,14-15H,7-12H2,1H3. The molecule has 2 aliphatic rings. The maximum atomic E-state index is 12.7. The molecule has 7 heteroatoms. The number of sulfone groups is 1. The lowest BCUT2D eigenvalue weighted by atomic mass is 10.1. The molecule has 0 radical (unpaired) electrons. The molecule has 2 unspecified atom stereocenters. The Morgan fingerprint density at radius 2 is 1.88 bits per heavy atom. The van der Waals surface area contributed by atoms with Crippen LogP contribution in [0.25, 0.3) is 0 Å². The molecule has 2 aliphatic heterocycles. The van der Waals surface area contributed by atoms with Crippen molar-refractivity contribution >= 4 is 21.7 Å². The van der Waals surface area contributed by atoms with Crippen molar-refractivity contribution < 1.29 is 18.0 Å². The molecule has 2 atom stereocenters. The van der Waals surface area contributed by atoms with Crippen LogP contribution in [-0.2, 0) is 19.4 Å². The monoisotopic (exact) mass is 350 g/mol. The second-order valence-electron chi connectivity index (χ2n) is 6.56. The number of rotatable bonds is 2. The highest BCUT2D eigenvalue weighted by Crippen LogP contribution is 2.30. The van der Waals surface area contributed by atoms with E-state index in [4.69, 9.17) is 0 Å². The average molecular weight is 350 g/mol. The Kier molecular flexibility index (Phi) is 4.62. The smallest absolute Gasteiger partial charge is 0.228 e. The molecule has 0 spiro atoms. The van der Waals surface area contributed by atoms with E-state index >= 15 is 0 Å². The first-order valence-corrected chi connectivity index (χ1v) is 9.89. The minimum atomic E-state index is -3.30. The summed E-state index contributed by atoms with van der Waals surface area (Å²) in [4.78, 5) is 27.5. The molecular formula is C17H22N2O4S. The molecule has 0 saturated carbocycles. The Bertz CT molecular complexity index is 732. The summed E-state index contributed by atoms with van der Waals surface area (Å²) in [6, 6.07) is 9.17. The van der Waals surface area contributed by atoms with E-state index in [1.165, 1.54) is 0 Å². The van der Waals surface area contributed by atoms with Crippen molar-refractivity contribution in [3.05, 3.63) is 35.9 Å². The first-order valence-electron chi connectivity index (χ1n) is 8.18. The van der Waals surface area contributed by atoms with Gasteiger partial charge >= 0.3 is 0 Å². The number of hydrogen-bond donors (Lipinski definition) is 0. The van der Waals surface area contributed by atoms with Crippen molar-refractivity contribution in [2.75, 3.05) is 32.4 Å². The molecule has 0 bridgehead atoms. The highest BCUT2D eigenvalue weighted by atomic mass is 32.2. The predicted molar refractivity (Wildman–Crippen MR) is 89.9 cm³/mol. The summed E-state index contributed by atoms with van der Waals surface area (Å²) in [5.74, 6) is -0.512. The van der Waals surface area contributed by atoms with Crippen molar-refractivity contribution in [1.29, 1.82) is 0 Å². The molecule has 2 heterocycles. The van der Waals surface area contributed by atoms with Crippen LogP contribution in [0.15, 0.2) is 30.3 Å². The van der Waals surface area contributed by atoms with E-state index in [2.05, 4.69) is 0 Å². The third kappa shape index (κ3) is 3.31. The van der Waals surface area contributed by atoms with Crippen molar-refractivity contribution in [2.45, 2.75) is 18.1 Å². The van der Waals surface area contributed by atoms with Crippen LogP contribution in [-0.4, -0.2) is 62.5 Å². The fourth-order valence-electron chi connectivity index (χ4n) is 3.49. The van der Waals surface area contributed by atoms with Gasteiger partial charge in [0.05, 0.1) is 16.9 Å². The summed E-state index contributed by atoms with van der Waals surface area (Å²) in [6.45, 7) is 1.04. The summed E-state index contributed by atoms with van der Waals surface area (Å²) < 4.78 is 25.2. The fourth-order valence-corrected chi connectivity index (χ4v) is 5.29. The van der Waals surface area contributed by atoms with Gasteiger partial charge in [0.15, 0.2) is 9.84 Å². The van der Waals surface area contributed by atoms with E-state index < -0.39 is 15.1 Å². The molecule has 1 aromatic carbocycles. The van der Waals surface area contributed by atoms with Gasteiger partial charge in [0.25, 0.3) is 0 Å². The zero-order valence-corrected chi connectivity index (χ0v) is 14.5. The molecule has 130 valence electrons. The molecular weight excluding hydrogens is 328 g/mol. The molecule has 24 heavy (non-hydrogen) atoms. The summed E-state index contributed by atoms with van der Waals surface area (Å²) in [5.41, 5.74) is 0.780. The number of carbonyl (C=O) groups is 2. The third-order valence-electron chi connectivity index (χ3n) is 4.91. The molecule has 1 aromatic rings. The van der Waals surface area contributed by atoms with E-state index in [-0.39, 0.29) is 36.5 Å². The van der Waals surface area contributed by atoms with Crippen molar-refractivity contribution in [2.24, 2.45) is 5.92 Å². The van der Waals surface area contributed by atoms with Crippen LogP contribution >= 0.6 is 0 Å². The minimum Gasteiger partial charge on any atom is -0.345 e. The van der Waals surface area contributed by atoms with Crippen LogP contribution in [0, 0.1) is 5.92 Å². The van der Waals surface area contributed by atoms with Crippen LogP contribution in [0.1, 0.15) is 23.7 Å². The van der Waals surface area contributed by atoms with Gasteiger partial charge in [-0.05, 0) is 12.0 Å². The third-order valence-corrected chi connectivity index (χ3v) is 7.04. The van der Waals surface area contributed by atoms with Crippen LogP contribution in [0.2, 0.25) is 0 Å². The van der Waals surface area contributed by atoms with Gasteiger partial charge in [-0.25, -0.2) is 8.42 Å². The summed E-state index contributed by atoms with van der Waals surface area (Å²) in [7, 11) is -1.61. The average Bonchev–Trinajstić information content (AvgIpc) is 2.80. The Hall–Kier alpha value is -1.89. The first-order chi connectivity index (χ1) is 11.4. The van der Waals surface area contributed by atoms with Crippen molar-refractivity contribution in [3.63, 3.8) is 0 Å². The maximum Gasteiger partial charge on any atom is 0.228 e. The van der Waals surface area contributed by atoms with Crippen molar-refractivity contribution in [1.82, 2.24) is 9.80 Å². The maximum absolute atomic E-state index is 12.7. The van der Waals surface area contributed by atoms with Crippen molar-refractivity contribution in [3.8, 4) is 0 Å².